The van der Waals surface area contributed by atoms with E-state index in [0.717, 1.165) is 61.4 Å². The summed E-state index contributed by atoms with van der Waals surface area (Å²) in [6, 6.07) is 4.18. The zero-order chi connectivity index (χ0) is 17.5. The second-order valence-corrected chi connectivity index (χ2v) is 7.95. The zero-order valence-electron chi connectivity index (χ0n) is 14.4. The van der Waals surface area contributed by atoms with Gasteiger partial charge in [0, 0.05) is 31.4 Å². The Balaban J connectivity index is 1.32. The molecule has 0 spiro atoms. The maximum atomic E-state index is 12.9. The molecular weight excluding hydrogens is 354 g/mol. The summed E-state index contributed by atoms with van der Waals surface area (Å²) < 4.78 is 17.3. The molecule has 1 N–H and O–H groups in total. The Morgan fingerprint density at radius 2 is 2.00 bits per heavy atom. The first-order valence-electron chi connectivity index (χ1n) is 9.12. The second kappa shape index (κ2) is 6.68. The SMILES string of the molecule is O=C(Nc1nc2cc3c(cc2s1)OCO3)C1CCCN1C1CCOCC1. The highest BCUT2D eigenvalue weighted by Gasteiger charge is 2.36. The second-order valence-electron chi connectivity index (χ2n) is 6.92. The highest BCUT2D eigenvalue weighted by molar-refractivity contribution is 7.22. The number of carbonyl (C=O) groups excluding carboxylic acids is 1. The first-order chi connectivity index (χ1) is 12.8. The normalized spacial score (nSPS) is 23.6. The van der Waals surface area contributed by atoms with Gasteiger partial charge in [-0.1, -0.05) is 11.3 Å². The number of aromatic nitrogens is 1. The predicted molar refractivity (Wildman–Crippen MR) is 97.9 cm³/mol. The highest BCUT2D eigenvalue weighted by atomic mass is 32.1. The van der Waals surface area contributed by atoms with Gasteiger partial charge in [-0.25, -0.2) is 4.98 Å². The number of nitrogens with zero attached hydrogens (tertiary/aromatic N) is 2. The number of likely N-dealkylation sites (tertiary alicyclic amines) is 1. The molecule has 138 valence electrons. The Morgan fingerprint density at radius 3 is 2.85 bits per heavy atom. The van der Waals surface area contributed by atoms with Crippen LogP contribution in [0.1, 0.15) is 25.7 Å². The molecule has 0 radical (unpaired) electrons. The number of fused-ring (bicyclic) bond motifs is 2. The van der Waals surface area contributed by atoms with Crippen LogP contribution in [0, 0.1) is 0 Å². The summed E-state index contributed by atoms with van der Waals surface area (Å²) in [6.07, 6.45) is 3.99. The largest absolute Gasteiger partial charge is 0.454 e. The van der Waals surface area contributed by atoms with Gasteiger partial charge in [-0.15, -0.1) is 0 Å². The minimum atomic E-state index is -0.0678. The first-order valence-corrected chi connectivity index (χ1v) is 9.94. The molecule has 1 aromatic carbocycles. The summed E-state index contributed by atoms with van der Waals surface area (Å²) in [5.41, 5.74) is 0.822. The molecule has 2 aromatic rings. The molecule has 0 saturated carbocycles. The average molecular weight is 375 g/mol. The Labute approximate surface area is 155 Å². The highest BCUT2D eigenvalue weighted by Crippen LogP contribution is 2.39. The number of hydrogen-bond donors (Lipinski definition) is 1. The van der Waals surface area contributed by atoms with E-state index in [0.29, 0.717) is 16.9 Å². The van der Waals surface area contributed by atoms with Crippen molar-refractivity contribution in [3.63, 3.8) is 0 Å². The van der Waals surface area contributed by atoms with Crippen LogP contribution in [0.4, 0.5) is 5.13 Å². The molecule has 5 rings (SSSR count). The van der Waals surface area contributed by atoms with Gasteiger partial charge in [0.1, 0.15) is 0 Å². The summed E-state index contributed by atoms with van der Waals surface area (Å²) in [5.74, 6) is 1.50. The van der Waals surface area contributed by atoms with E-state index in [1.807, 2.05) is 12.1 Å². The molecule has 3 aliphatic rings. The van der Waals surface area contributed by atoms with Gasteiger partial charge in [0.2, 0.25) is 12.7 Å². The van der Waals surface area contributed by atoms with E-state index in [-0.39, 0.29) is 18.7 Å². The first kappa shape index (κ1) is 16.3. The van der Waals surface area contributed by atoms with E-state index in [4.69, 9.17) is 14.2 Å². The summed E-state index contributed by atoms with van der Waals surface area (Å²) in [6.45, 7) is 2.83. The van der Waals surface area contributed by atoms with E-state index < -0.39 is 0 Å². The van der Waals surface area contributed by atoms with Crippen LogP contribution in [0.3, 0.4) is 0 Å². The van der Waals surface area contributed by atoms with Gasteiger partial charge < -0.3 is 19.5 Å². The van der Waals surface area contributed by atoms with Crippen LogP contribution in [-0.2, 0) is 9.53 Å². The number of carbonyl (C=O) groups is 1. The van der Waals surface area contributed by atoms with Gasteiger partial charge in [-0.3, -0.25) is 9.69 Å². The molecule has 1 atom stereocenters. The Bertz CT molecular complexity index is 792. The number of amides is 1. The fraction of sp³-hybridized carbons (Fsp3) is 0.556. The lowest BCUT2D eigenvalue weighted by molar-refractivity contribution is -0.121. The zero-order valence-corrected chi connectivity index (χ0v) is 15.2. The van der Waals surface area contributed by atoms with Gasteiger partial charge in [-0.2, -0.15) is 0 Å². The summed E-state index contributed by atoms with van der Waals surface area (Å²) in [5, 5.41) is 3.66. The van der Waals surface area contributed by atoms with Crippen molar-refractivity contribution in [3.8, 4) is 11.5 Å². The molecule has 7 nitrogen and oxygen atoms in total. The van der Waals surface area contributed by atoms with E-state index in [1.165, 1.54) is 11.3 Å². The van der Waals surface area contributed by atoms with Crippen molar-refractivity contribution in [2.75, 3.05) is 31.9 Å². The lowest BCUT2D eigenvalue weighted by atomic mass is 10.1. The Morgan fingerprint density at radius 1 is 1.19 bits per heavy atom. The van der Waals surface area contributed by atoms with Crippen LogP contribution in [-0.4, -0.2) is 54.4 Å². The van der Waals surface area contributed by atoms with Crippen molar-refractivity contribution in [2.45, 2.75) is 37.8 Å². The minimum Gasteiger partial charge on any atom is -0.454 e. The summed E-state index contributed by atoms with van der Waals surface area (Å²) >= 11 is 1.47. The van der Waals surface area contributed by atoms with Crippen molar-refractivity contribution < 1.29 is 19.0 Å². The van der Waals surface area contributed by atoms with Crippen molar-refractivity contribution in [1.82, 2.24) is 9.88 Å². The van der Waals surface area contributed by atoms with Gasteiger partial charge in [-0.05, 0) is 32.2 Å². The number of benzene rings is 1. The van der Waals surface area contributed by atoms with Crippen LogP contribution in [0.15, 0.2) is 12.1 Å². The van der Waals surface area contributed by atoms with Gasteiger partial charge >= 0.3 is 0 Å². The van der Waals surface area contributed by atoms with Crippen LogP contribution in [0.2, 0.25) is 0 Å². The smallest absolute Gasteiger partial charge is 0.243 e. The third-order valence-electron chi connectivity index (χ3n) is 5.37. The summed E-state index contributed by atoms with van der Waals surface area (Å²) in [4.78, 5) is 19.8. The maximum absolute atomic E-state index is 12.9. The van der Waals surface area contributed by atoms with Gasteiger partial charge in [0.05, 0.1) is 16.3 Å². The number of thiazole rings is 1. The topological polar surface area (TPSA) is 72.9 Å². The van der Waals surface area contributed by atoms with Gasteiger partial charge in [0.15, 0.2) is 16.6 Å². The molecule has 1 unspecified atom stereocenters. The molecule has 0 aliphatic carbocycles. The molecule has 2 saturated heterocycles. The average Bonchev–Trinajstić information content (AvgIpc) is 3.38. The third-order valence-corrected chi connectivity index (χ3v) is 6.30. The number of anilines is 1. The number of rotatable bonds is 3. The van der Waals surface area contributed by atoms with E-state index in [9.17, 15) is 4.79 Å². The van der Waals surface area contributed by atoms with Crippen molar-refractivity contribution in [1.29, 1.82) is 0 Å². The van der Waals surface area contributed by atoms with Crippen LogP contribution < -0.4 is 14.8 Å². The number of hydrogen-bond acceptors (Lipinski definition) is 7. The number of ether oxygens (including phenoxy) is 3. The Hall–Kier alpha value is -1.90. The molecular formula is C18H21N3O4S. The van der Waals surface area contributed by atoms with Crippen molar-refractivity contribution in [3.05, 3.63) is 12.1 Å². The fourth-order valence-corrected chi connectivity index (χ4v) is 4.96. The molecule has 4 heterocycles. The minimum absolute atomic E-state index is 0.0492. The molecule has 1 aromatic heterocycles. The van der Waals surface area contributed by atoms with Gasteiger partial charge in [0.25, 0.3) is 0 Å². The van der Waals surface area contributed by atoms with Crippen LogP contribution >= 0.6 is 11.3 Å². The van der Waals surface area contributed by atoms with Crippen LogP contribution in [0.5, 0.6) is 11.5 Å². The van der Waals surface area contributed by atoms with E-state index >= 15 is 0 Å². The quantitative estimate of drug-likeness (QED) is 0.889. The van der Waals surface area contributed by atoms with Crippen molar-refractivity contribution in [2.24, 2.45) is 0 Å². The third kappa shape index (κ3) is 2.91. The standard InChI is InChI=1S/C18H21N3O4S/c22-17(13-2-1-5-21(13)11-3-6-23-7-4-11)20-18-19-12-8-14-15(25-10-24-14)9-16(12)26-18/h8-9,11,13H,1-7,10H2,(H,19,20,22). The molecule has 8 heteroatoms. The molecule has 2 fully saturated rings. The monoisotopic (exact) mass is 375 g/mol. The van der Waals surface area contributed by atoms with Crippen molar-refractivity contribution >= 4 is 32.6 Å². The molecule has 0 bridgehead atoms. The fourth-order valence-electron chi connectivity index (χ4n) is 4.08. The molecule has 3 aliphatic heterocycles. The van der Waals surface area contributed by atoms with E-state index in [2.05, 4.69) is 15.2 Å². The lowest BCUT2D eigenvalue weighted by Crippen LogP contribution is -2.47. The maximum Gasteiger partial charge on any atom is 0.243 e. The molecule has 1 amide bonds. The predicted octanol–water partition coefficient (Wildman–Crippen LogP) is 2.61. The van der Waals surface area contributed by atoms with Crippen LogP contribution in [0.25, 0.3) is 10.2 Å². The summed E-state index contributed by atoms with van der Waals surface area (Å²) in [7, 11) is 0. The Kier molecular flexibility index (Phi) is 4.18. The lowest BCUT2D eigenvalue weighted by Gasteiger charge is -2.34. The van der Waals surface area contributed by atoms with E-state index in [1.54, 1.807) is 0 Å². The molecule has 26 heavy (non-hydrogen) atoms. The number of nitrogens with one attached hydrogen (secondary N) is 1.